The van der Waals surface area contributed by atoms with Crippen molar-refractivity contribution in [3.63, 3.8) is 0 Å². The number of carbonyl (C=O) groups is 3. The third-order valence-corrected chi connectivity index (χ3v) is 2.31. The normalized spacial score (nSPS) is 14.2. The largest absolute Gasteiger partial charge is 0.298 e. The second-order valence-corrected chi connectivity index (χ2v) is 3.59. The molecule has 5 heteroatoms. The number of hydrogen-bond acceptors (Lipinski definition) is 3. The van der Waals surface area contributed by atoms with Gasteiger partial charge in [0.1, 0.15) is 11.6 Å². The Balaban J connectivity index is 2.44. The van der Waals surface area contributed by atoms with Crippen LogP contribution in [0.1, 0.15) is 27.6 Å². The predicted octanol–water partition coefficient (Wildman–Crippen LogP) is 1.01. The molecule has 1 aliphatic rings. The van der Waals surface area contributed by atoms with Crippen molar-refractivity contribution in [2.24, 2.45) is 0 Å². The predicted molar refractivity (Wildman–Crippen MR) is 52.4 cm³/mol. The Hall–Kier alpha value is -2.04. The molecular formula is C11H8FNO3. The lowest BCUT2D eigenvalue weighted by molar-refractivity contribution is -0.117. The summed E-state index contributed by atoms with van der Waals surface area (Å²) in [7, 11) is 0. The van der Waals surface area contributed by atoms with Crippen LogP contribution in [-0.2, 0) is 4.79 Å². The lowest BCUT2D eigenvalue weighted by Crippen LogP contribution is -2.33. The first-order valence-electron chi connectivity index (χ1n) is 4.66. The maximum absolute atomic E-state index is 12.9. The van der Waals surface area contributed by atoms with Crippen LogP contribution in [0.3, 0.4) is 0 Å². The molecule has 0 atom stereocenters. The third kappa shape index (κ3) is 1.50. The highest BCUT2D eigenvalue weighted by Crippen LogP contribution is 2.23. The molecule has 0 radical (unpaired) electrons. The molecule has 0 N–H and O–H groups in total. The van der Waals surface area contributed by atoms with Crippen molar-refractivity contribution in [2.75, 3.05) is 6.54 Å². The zero-order chi connectivity index (χ0) is 11.9. The molecule has 0 fully saturated rings. The molecule has 82 valence electrons. The molecule has 0 spiro atoms. The average molecular weight is 221 g/mol. The molecule has 0 saturated heterocycles. The van der Waals surface area contributed by atoms with Gasteiger partial charge in [-0.15, -0.1) is 0 Å². The van der Waals surface area contributed by atoms with Crippen LogP contribution < -0.4 is 0 Å². The van der Waals surface area contributed by atoms with E-state index in [0.717, 1.165) is 17.0 Å². The van der Waals surface area contributed by atoms with Crippen molar-refractivity contribution in [1.82, 2.24) is 4.90 Å². The number of nitrogens with zero attached hydrogens (tertiary/aromatic N) is 1. The van der Waals surface area contributed by atoms with E-state index in [0.29, 0.717) is 0 Å². The Bertz CT molecular complexity index is 510. The zero-order valence-corrected chi connectivity index (χ0v) is 8.49. The number of imide groups is 1. The van der Waals surface area contributed by atoms with Gasteiger partial charge < -0.3 is 0 Å². The summed E-state index contributed by atoms with van der Waals surface area (Å²) in [6.45, 7) is 1.01. The van der Waals surface area contributed by atoms with Crippen molar-refractivity contribution in [3.8, 4) is 0 Å². The average Bonchev–Trinajstić information content (AvgIpc) is 2.43. The second-order valence-electron chi connectivity index (χ2n) is 3.59. The fraction of sp³-hybridized carbons (Fsp3) is 0.182. The van der Waals surface area contributed by atoms with Crippen molar-refractivity contribution in [1.29, 1.82) is 0 Å². The van der Waals surface area contributed by atoms with E-state index in [9.17, 15) is 18.8 Å². The molecule has 0 aliphatic carbocycles. The number of amides is 2. The highest BCUT2D eigenvalue weighted by atomic mass is 19.1. The Morgan fingerprint density at radius 3 is 2.50 bits per heavy atom. The van der Waals surface area contributed by atoms with Gasteiger partial charge in [-0.25, -0.2) is 4.39 Å². The second kappa shape index (κ2) is 3.52. The van der Waals surface area contributed by atoms with E-state index in [1.807, 2.05) is 0 Å². The van der Waals surface area contributed by atoms with Crippen LogP contribution in [0.25, 0.3) is 0 Å². The SMILES string of the molecule is CC(=O)CN1C(=O)c2ccc(F)cc2C1=O. The summed E-state index contributed by atoms with van der Waals surface area (Å²) in [6.07, 6.45) is 0. The van der Waals surface area contributed by atoms with Gasteiger partial charge in [-0.05, 0) is 25.1 Å². The van der Waals surface area contributed by atoms with Crippen LogP contribution >= 0.6 is 0 Å². The van der Waals surface area contributed by atoms with E-state index < -0.39 is 17.6 Å². The van der Waals surface area contributed by atoms with Crippen molar-refractivity contribution in [3.05, 3.63) is 35.1 Å². The zero-order valence-electron chi connectivity index (χ0n) is 8.49. The van der Waals surface area contributed by atoms with Gasteiger partial charge in [0.05, 0.1) is 17.7 Å². The van der Waals surface area contributed by atoms with Gasteiger partial charge in [0.2, 0.25) is 0 Å². The van der Waals surface area contributed by atoms with E-state index in [4.69, 9.17) is 0 Å². The van der Waals surface area contributed by atoms with Gasteiger partial charge in [-0.2, -0.15) is 0 Å². The minimum Gasteiger partial charge on any atom is -0.298 e. The monoisotopic (exact) mass is 221 g/mol. The first-order valence-corrected chi connectivity index (χ1v) is 4.66. The maximum Gasteiger partial charge on any atom is 0.262 e. The lowest BCUT2D eigenvalue weighted by atomic mass is 10.1. The maximum atomic E-state index is 12.9. The van der Waals surface area contributed by atoms with Crippen LogP contribution in [0.4, 0.5) is 4.39 Å². The standard InChI is InChI=1S/C11H8FNO3/c1-6(14)5-13-10(15)8-3-2-7(12)4-9(8)11(13)16/h2-4H,5H2,1H3. The number of benzene rings is 1. The molecule has 1 aliphatic heterocycles. The molecule has 4 nitrogen and oxygen atoms in total. The van der Waals surface area contributed by atoms with E-state index >= 15 is 0 Å². The number of carbonyl (C=O) groups excluding carboxylic acids is 3. The van der Waals surface area contributed by atoms with Crippen molar-refractivity contribution >= 4 is 17.6 Å². The van der Waals surface area contributed by atoms with Crippen LogP contribution in [0, 0.1) is 5.82 Å². The highest BCUT2D eigenvalue weighted by Gasteiger charge is 2.36. The summed E-state index contributed by atoms with van der Waals surface area (Å²) in [4.78, 5) is 35.1. The van der Waals surface area contributed by atoms with Crippen LogP contribution in [0.2, 0.25) is 0 Å². The molecule has 1 aromatic carbocycles. The molecule has 2 amide bonds. The lowest BCUT2D eigenvalue weighted by Gasteiger charge is -2.10. The third-order valence-electron chi connectivity index (χ3n) is 2.31. The van der Waals surface area contributed by atoms with Gasteiger partial charge in [-0.1, -0.05) is 0 Å². The van der Waals surface area contributed by atoms with Gasteiger partial charge in [-0.3, -0.25) is 19.3 Å². The molecule has 0 bridgehead atoms. The Morgan fingerprint density at radius 2 is 1.88 bits per heavy atom. The molecular weight excluding hydrogens is 213 g/mol. The smallest absolute Gasteiger partial charge is 0.262 e. The fourth-order valence-corrected chi connectivity index (χ4v) is 1.63. The van der Waals surface area contributed by atoms with E-state index in [1.54, 1.807) is 0 Å². The summed E-state index contributed by atoms with van der Waals surface area (Å²) in [5.41, 5.74) is 0.166. The van der Waals surface area contributed by atoms with E-state index in [1.165, 1.54) is 13.0 Å². The number of hydrogen-bond donors (Lipinski definition) is 0. The first-order chi connectivity index (χ1) is 7.50. The summed E-state index contributed by atoms with van der Waals surface area (Å²) >= 11 is 0. The van der Waals surface area contributed by atoms with Gasteiger partial charge >= 0.3 is 0 Å². The van der Waals surface area contributed by atoms with Crippen LogP contribution in [0.5, 0.6) is 0 Å². The quantitative estimate of drug-likeness (QED) is 0.700. The number of ketones is 1. The molecule has 2 rings (SSSR count). The summed E-state index contributed by atoms with van der Waals surface area (Å²) in [6, 6.07) is 3.38. The summed E-state index contributed by atoms with van der Waals surface area (Å²) in [5, 5.41) is 0. The van der Waals surface area contributed by atoms with Crippen molar-refractivity contribution in [2.45, 2.75) is 6.92 Å². The number of Topliss-reactive ketones (excluding diaryl/α,β-unsaturated/α-hetero) is 1. The topological polar surface area (TPSA) is 54.5 Å². The summed E-state index contributed by atoms with van der Waals surface area (Å²) in [5.74, 6) is -2.04. The minimum atomic E-state index is -0.616. The Labute approximate surface area is 90.7 Å². The Morgan fingerprint density at radius 1 is 1.25 bits per heavy atom. The van der Waals surface area contributed by atoms with Crippen molar-refractivity contribution < 1.29 is 18.8 Å². The molecule has 0 aromatic heterocycles. The summed E-state index contributed by atoms with van der Waals surface area (Å²) < 4.78 is 12.9. The molecule has 1 heterocycles. The van der Waals surface area contributed by atoms with Crippen LogP contribution in [0.15, 0.2) is 18.2 Å². The van der Waals surface area contributed by atoms with Crippen LogP contribution in [-0.4, -0.2) is 29.0 Å². The van der Waals surface area contributed by atoms with E-state index in [-0.39, 0.29) is 23.5 Å². The molecule has 0 saturated carbocycles. The fourth-order valence-electron chi connectivity index (χ4n) is 1.63. The highest BCUT2D eigenvalue weighted by molar-refractivity contribution is 6.22. The first kappa shape index (κ1) is 10.5. The molecule has 0 unspecified atom stereocenters. The van der Waals surface area contributed by atoms with E-state index in [2.05, 4.69) is 0 Å². The number of halogens is 1. The Kier molecular flexibility index (Phi) is 2.30. The molecule has 1 aromatic rings. The van der Waals surface area contributed by atoms with Gasteiger partial charge in [0, 0.05) is 0 Å². The van der Waals surface area contributed by atoms with Gasteiger partial charge in [0.15, 0.2) is 0 Å². The number of fused-ring (bicyclic) bond motifs is 1. The number of rotatable bonds is 2. The molecule has 16 heavy (non-hydrogen) atoms. The van der Waals surface area contributed by atoms with Gasteiger partial charge in [0.25, 0.3) is 11.8 Å². The minimum absolute atomic E-state index is 0.0197.